The smallest absolute Gasteiger partial charge is 0.326 e. The molecule has 1 aromatic heterocycles. The van der Waals surface area contributed by atoms with E-state index in [0.717, 1.165) is 29.4 Å². The Hall–Kier alpha value is -4.01. The number of piperidine rings is 1. The number of aliphatic carboxylic acids is 1. The van der Waals surface area contributed by atoms with Crippen LogP contribution in [0.15, 0.2) is 72.9 Å². The molecule has 0 bridgehead atoms. The fraction of sp³-hybridized carbons (Fsp3) is 0.233. The normalized spacial score (nSPS) is 14.6. The Labute approximate surface area is 240 Å². The highest BCUT2D eigenvalue weighted by Gasteiger charge is 2.27. The van der Waals surface area contributed by atoms with Crippen molar-refractivity contribution in [2.75, 3.05) is 13.1 Å². The first-order valence-corrected chi connectivity index (χ1v) is 13.6. The molecule has 3 aromatic carbocycles. The lowest BCUT2D eigenvalue weighted by Crippen LogP contribution is -2.42. The molecule has 0 saturated carbocycles. The molecule has 10 heteroatoms. The SMILES string of the molecule is O=C(N[C@@H](Cc1ccc(C2CCN(C(=O)c3cnnc4ccccc34)CC2)cc1)C(=O)O)c1c(Cl)cccc1Cl. The molecule has 2 heterocycles. The van der Waals surface area contributed by atoms with Crippen molar-refractivity contribution in [1.82, 2.24) is 20.4 Å². The molecule has 1 fully saturated rings. The number of halogens is 2. The Kier molecular flexibility index (Phi) is 8.28. The van der Waals surface area contributed by atoms with E-state index in [1.165, 1.54) is 18.3 Å². The first-order valence-electron chi connectivity index (χ1n) is 12.9. The van der Waals surface area contributed by atoms with E-state index >= 15 is 0 Å². The van der Waals surface area contributed by atoms with Gasteiger partial charge in [0.15, 0.2) is 0 Å². The molecule has 1 aliphatic rings. The molecule has 5 rings (SSSR count). The molecule has 40 heavy (non-hydrogen) atoms. The molecule has 1 atom stereocenters. The van der Waals surface area contributed by atoms with Gasteiger partial charge >= 0.3 is 5.97 Å². The number of amides is 2. The van der Waals surface area contributed by atoms with Crippen LogP contribution in [0.1, 0.15) is 50.6 Å². The molecular formula is C30H26Cl2N4O4. The number of likely N-dealkylation sites (tertiary alicyclic amines) is 1. The lowest BCUT2D eigenvalue weighted by atomic mass is 9.88. The van der Waals surface area contributed by atoms with E-state index in [1.807, 2.05) is 53.4 Å². The van der Waals surface area contributed by atoms with Crippen molar-refractivity contribution in [3.63, 3.8) is 0 Å². The highest BCUT2D eigenvalue weighted by atomic mass is 35.5. The minimum absolute atomic E-state index is 0.0419. The third-order valence-electron chi connectivity index (χ3n) is 7.24. The van der Waals surface area contributed by atoms with Crippen molar-refractivity contribution < 1.29 is 19.5 Å². The van der Waals surface area contributed by atoms with Gasteiger partial charge in [-0.1, -0.05) is 71.7 Å². The molecule has 1 aliphatic heterocycles. The second-order valence-corrected chi connectivity index (χ2v) is 10.6. The number of rotatable bonds is 7. The summed E-state index contributed by atoms with van der Waals surface area (Å²) < 4.78 is 0. The van der Waals surface area contributed by atoms with E-state index < -0.39 is 17.9 Å². The third-order valence-corrected chi connectivity index (χ3v) is 7.87. The topological polar surface area (TPSA) is 112 Å². The van der Waals surface area contributed by atoms with Gasteiger partial charge in [-0.05, 0) is 48.1 Å². The number of hydrogen-bond acceptors (Lipinski definition) is 5. The maximum absolute atomic E-state index is 13.2. The molecule has 2 N–H and O–H groups in total. The summed E-state index contributed by atoms with van der Waals surface area (Å²) >= 11 is 12.2. The van der Waals surface area contributed by atoms with E-state index in [0.29, 0.717) is 24.2 Å². The number of hydrogen-bond donors (Lipinski definition) is 2. The zero-order chi connectivity index (χ0) is 28.2. The zero-order valence-corrected chi connectivity index (χ0v) is 22.9. The van der Waals surface area contributed by atoms with E-state index in [2.05, 4.69) is 15.5 Å². The van der Waals surface area contributed by atoms with Crippen LogP contribution >= 0.6 is 23.2 Å². The van der Waals surface area contributed by atoms with Gasteiger partial charge in [-0.25, -0.2) is 4.79 Å². The minimum atomic E-state index is -1.16. The number of carbonyl (C=O) groups excluding carboxylic acids is 2. The highest BCUT2D eigenvalue weighted by molar-refractivity contribution is 6.39. The number of carboxylic acid groups (broad SMARTS) is 1. The molecule has 2 amide bonds. The maximum Gasteiger partial charge on any atom is 0.326 e. The molecule has 8 nitrogen and oxygen atoms in total. The van der Waals surface area contributed by atoms with Crippen LogP contribution in [-0.4, -0.2) is 57.1 Å². The standard InChI is InChI=1S/C30H26Cl2N4O4/c31-23-5-3-6-24(32)27(23)28(37)34-26(30(39)40)16-18-8-10-19(11-9-18)20-12-14-36(15-13-20)29(38)22-17-33-35-25-7-2-1-4-21(22)25/h1-11,17,20,26H,12-16H2,(H,34,37)(H,39,40)/t26-/m0/s1. The molecule has 0 spiro atoms. The second kappa shape index (κ2) is 12.0. The van der Waals surface area contributed by atoms with Gasteiger partial charge < -0.3 is 15.3 Å². The number of carbonyl (C=O) groups is 3. The summed E-state index contributed by atoms with van der Waals surface area (Å²) in [4.78, 5) is 39.7. The number of nitrogens with zero attached hydrogens (tertiary/aromatic N) is 3. The molecule has 204 valence electrons. The molecule has 0 aliphatic carbocycles. The van der Waals surface area contributed by atoms with Crippen LogP contribution in [0.2, 0.25) is 10.0 Å². The zero-order valence-electron chi connectivity index (χ0n) is 21.4. The number of benzene rings is 3. The summed E-state index contributed by atoms with van der Waals surface area (Å²) in [6.07, 6.45) is 3.26. The molecule has 0 radical (unpaired) electrons. The first kappa shape index (κ1) is 27.6. The van der Waals surface area contributed by atoms with Crippen LogP contribution < -0.4 is 5.32 Å². The Morgan fingerprint density at radius 3 is 2.30 bits per heavy atom. The fourth-order valence-electron chi connectivity index (χ4n) is 5.07. The van der Waals surface area contributed by atoms with E-state index in [-0.39, 0.29) is 33.9 Å². The minimum Gasteiger partial charge on any atom is -0.480 e. The van der Waals surface area contributed by atoms with Gasteiger partial charge in [0.2, 0.25) is 0 Å². The Morgan fingerprint density at radius 1 is 0.950 bits per heavy atom. The number of aromatic nitrogens is 2. The first-order chi connectivity index (χ1) is 19.3. The Balaban J connectivity index is 1.20. The summed E-state index contributed by atoms with van der Waals surface area (Å²) in [6, 6.07) is 18.7. The van der Waals surface area contributed by atoms with Crippen LogP contribution in [0.25, 0.3) is 10.9 Å². The molecular weight excluding hydrogens is 551 g/mol. The van der Waals surface area contributed by atoms with Gasteiger partial charge in [0.25, 0.3) is 11.8 Å². The van der Waals surface area contributed by atoms with Crippen LogP contribution in [0, 0.1) is 0 Å². The second-order valence-electron chi connectivity index (χ2n) is 9.75. The summed E-state index contributed by atoms with van der Waals surface area (Å²) in [6.45, 7) is 1.25. The molecule has 0 unspecified atom stereocenters. The molecule has 1 saturated heterocycles. The van der Waals surface area contributed by atoms with Gasteiger partial charge in [0.05, 0.1) is 32.9 Å². The van der Waals surface area contributed by atoms with Gasteiger partial charge in [-0.2, -0.15) is 10.2 Å². The summed E-state index contributed by atoms with van der Waals surface area (Å²) in [5, 5.41) is 21.4. The van der Waals surface area contributed by atoms with Crippen LogP contribution in [0.4, 0.5) is 0 Å². The maximum atomic E-state index is 13.2. The Bertz CT molecular complexity index is 1540. The fourth-order valence-corrected chi connectivity index (χ4v) is 5.64. The average molecular weight is 577 g/mol. The third kappa shape index (κ3) is 5.93. The molecule has 4 aromatic rings. The Morgan fingerprint density at radius 2 is 1.62 bits per heavy atom. The number of fused-ring (bicyclic) bond motifs is 1. The predicted molar refractivity (Wildman–Crippen MR) is 153 cm³/mol. The van der Waals surface area contributed by atoms with Gasteiger partial charge in [-0.3, -0.25) is 9.59 Å². The van der Waals surface area contributed by atoms with Gasteiger partial charge in [-0.15, -0.1) is 0 Å². The van der Waals surface area contributed by atoms with Crippen LogP contribution in [0.3, 0.4) is 0 Å². The van der Waals surface area contributed by atoms with Crippen molar-refractivity contribution >= 4 is 51.9 Å². The number of nitrogens with one attached hydrogen (secondary N) is 1. The van der Waals surface area contributed by atoms with E-state index in [1.54, 1.807) is 6.07 Å². The summed E-state index contributed by atoms with van der Waals surface area (Å²) in [5.41, 5.74) is 3.20. The lowest BCUT2D eigenvalue weighted by Gasteiger charge is -2.32. The lowest BCUT2D eigenvalue weighted by molar-refractivity contribution is -0.139. The van der Waals surface area contributed by atoms with Gasteiger partial charge in [0.1, 0.15) is 6.04 Å². The summed E-state index contributed by atoms with van der Waals surface area (Å²) in [7, 11) is 0. The van der Waals surface area contributed by atoms with Crippen LogP contribution in [0.5, 0.6) is 0 Å². The summed E-state index contributed by atoms with van der Waals surface area (Å²) in [5.74, 6) is -1.56. The average Bonchev–Trinajstić information content (AvgIpc) is 2.96. The largest absolute Gasteiger partial charge is 0.480 e. The van der Waals surface area contributed by atoms with Crippen molar-refractivity contribution in [1.29, 1.82) is 0 Å². The van der Waals surface area contributed by atoms with Crippen LogP contribution in [-0.2, 0) is 11.2 Å². The monoisotopic (exact) mass is 576 g/mol. The van der Waals surface area contributed by atoms with E-state index in [9.17, 15) is 19.5 Å². The van der Waals surface area contributed by atoms with Crippen molar-refractivity contribution in [3.05, 3.63) is 105 Å². The number of carboxylic acids is 1. The highest BCUT2D eigenvalue weighted by Crippen LogP contribution is 2.30. The van der Waals surface area contributed by atoms with Crippen molar-refractivity contribution in [2.45, 2.75) is 31.2 Å². The van der Waals surface area contributed by atoms with Crippen molar-refractivity contribution in [2.24, 2.45) is 0 Å². The predicted octanol–water partition coefficient (Wildman–Crippen LogP) is 5.38. The quantitative estimate of drug-likeness (QED) is 0.305. The van der Waals surface area contributed by atoms with Crippen molar-refractivity contribution in [3.8, 4) is 0 Å². The van der Waals surface area contributed by atoms with E-state index in [4.69, 9.17) is 23.2 Å². The van der Waals surface area contributed by atoms with Gasteiger partial charge in [0, 0.05) is 24.9 Å².